The average molecular weight is 465 g/mol. The fraction of sp³-hybridized carbons (Fsp3) is 0.407. The standard InChI is InChI=1S/C27H32N2O5/c1-5-28(6-2)12-13-29-24(18-8-7-9-21(16-18)33-4)23(26(31)27(29)32)25(30)19-10-11-22-20(15-19)14-17(3)34-22/h7-11,15-17,24,30H,5-6,12-14H2,1-4H3/t17-,24-/m1/s1. The maximum Gasteiger partial charge on any atom is 0.295 e. The first-order valence-corrected chi connectivity index (χ1v) is 11.8. The van der Waals surface area contributed by atoms with E-state index in [1.165, 1.54) is 0 Å². The third-order valence-corrected chi connectivity index (χ3v) is 6.67. The zero-order chi connectivity index (χ0) is 24.4. The van der Waals surface area contributed by atoms with Gasteiger partial charge in [-0.05, 0) is 61.5 Å². The van der Waals surface area contributed by atoms with Crippen molar-refractivity contribution in [3.8, 4) is 11.5 Å². The van der Waals surface area contributed by atoms with E-state index >= 15 is 0 Å². The van der Waals surface area contributed by atoms with Gasteiger partial charge in [-0.25, -0.2) is 0 Å². The molecule has 1 saturated heterocycles. The number of amides is 1. The van der Waals surface area contributed by atoms with Gasteiger partial charge in [0, 0.05) is 25.1 Å². The number of carbonyl (C=O) groups is 2. The van der Waals surface area contributed by atoms with E-state index in [1.807, 2.05) is 43.3 Å². The first kappa shape index (κ1) is 23.8. The predicted molar refractivity (Wildman–Crippen MR) is 130 cm³/mol. The average Bonchev–Trinajstić information content (AvgIpc) is 3.35. The molecule has 7 nitrogen and oxygen atoms in total. The highest BCUT2D eigenvalue weighted by Gasteiger charge is 2.46. The van der Waals surface area contributed by atoms with Gasteiger partial charge in [0.1, 0.15) is 23.4 Å². The van der Waals surface area contributed by atoms with Gasteiger partial charge in [0.25, 0.3) is 11.7 Å². The molecule has 0 saturated carbocycles. The Balaban J connectivity index is 1.79. The first-order chi connectivity index (χ1) is 16.4. The number of hydrogen-bond donors (Lipinski definition) is 1. The molecule has 2 atom stereocenters. The number of likely N-dealkylation sites (tertiary alicyclic amines) is 1. The molecule has 2 aromatic rings. The summed E-state index contributed by atoms with van der Waals surface area (Å²) in [5.74, 6) is -0.0305. The molecule has 0 radical (unpaired) electrons. The van der Waals surface area contributed by atoms with Crippen LogP contribution >= 0.6 is 0 Å². The van der Waals surface area contributed by atoms with E-state index in [0.717, 1.165) is 36.4 Å². The molecule has 0 aliphatic carbocycles. The molecule has 1 N–H and O–H groups in total. The van der Waals surface area contributed by atoms with Crippen LogP contribution in [-0.4, -0.2) is 66.0 Å². The topological polar surface area (TPSA) is 79.3 Å². The Bertz CT molecular complexity index is 1120. The second kappa shape index (κ2) is 9.89. The highest BCUT2D eigenvalue weighted by Crippen LogP contribution is 2.41. The van der Waals surface area contributed by atoms with Gasteiger partial charge in [-0.1, -0.05) is 26.0 Å². The molecule has 2 heterocycles. The van der Waals surface area contributed by atoms with Crippen LogP contribution in [0.25, 0.3) is 5.76 Å². The van der Waals surface area contributed by atoms with Gasteiger partial charge in [0.15, 0.2) is 0 Å². The lowest BCUT2D eigenvalue weighted by atomic mass is 9.94. The molecule has 180 valence electrons. The van der Waals surface area contributed by atoms with E-state index in [9.17, 15) is 14.7 Å². The second-order valence-corrected chi connectivity index (χ2v) is 8.75. The first-order valence-electron chi connectivity index (χ1n) is 11.8. The number of nitrogens with zero attached hydrogens (tertiary/aromatic N) is 2. The number of aliphatic hydroxyl groups excluding tert-OH is 1. The van der Waals surface area contributed by atoms with Crippen LogP contribution in [0.3, 0.4) is 0 Å². The van der Waals surface area contributed by atoms with E-state index < -0.39 is 17.7 Å². The van der Waals surface area contributed by atoms with Crippen LogP contribution in [0.2, 0.25) is 0 Å². The van der Waals surface area contributed by atoms with Crippen molar-refractivity contribution >= 4 is 17.4 Å². The lowest BCUT2D eigenvalue weighted by Gasteiger charge is -2.28. The Morgan fingerprint density at radius 1 is 1.18 bits per heavy atom. The summed E-state index contributed by atoms with van der Waals surface area (Å²) in [5.41, 5.74) is 2.30. The summed E-state index contributed by atoms with van der Waals surface area (Å²) >= 11 is 0. The zero-order valence-electron chi connectivity index (χ0n) is 20.2. The summed E-state index contributed by atoms with van der Waals surface area (Å²) in [4.78, 5) is 30.2. The zero-order valence-corrected chi connectivity index (χ0v) is 20.2. The van der Waals surface area contributed by atoms with Crippen LogP contribution in [0.5, 0.6) is 11.5 Å². The van der Waals surface area contributed by atoms with Gasteiger partial charge in [-0.15, -0.1) is 0 Å². The van der Waals surface area contributed by atoms with E-state index in [4.69, 9.17) is 9.47 Å². The number of Topliss-reactive ketones (excluding diaryl/α,β-unsaturated/α-hetero) is 1. The Morgan fingerprint density at radius 3 is 2.65 bits per heavy atom. The normalized spacial score (nSPS) is 21.1. The van der Waals surface area contributed by atoms with E-state index in [1.54, 1.807) is 18.1 Å². The van der Waals surface area contributed by atoms with Crippen molar-refractivity contribution in [1.82, 2.24) is 9.80 Å². The number of hydrogen-bond acceptors (Lipinski definition) is 6. The van der Waals surface area contributed by atoms with Crippen molar-refractivity contribution < 1.29 is 24.2 Å². The van der Waals surface area contributed by atoms with Crippen molar-refractivity contribution in [3.05, 3.63) is 64.7 Å². The van der Waals surface area contributed by atoms with Gasteiger partial charge in [-0.3, -0.25) is 9.59 Å². The number of methoxy groups -OCH3 is 1. The fourth-order valence-corrected chi connectivity index (χ4v) is 4.78. The SMILES string of the molecule is CCN(CC)CCN1C(=O)C(=O)C(=C(O)c2ccc3c(c2)C[C@@H](C)O3)[C@H]1c1cccc(OC)c1. The Hall–Kier alpha value is -3.32. The Labute approximate surface area is 200 Å². The molecule has 0 aromatic heterocycles. The van der Waals surface area contributed by atoms with E-state index in [0.29, 0.717) is 24.4 Å². The Morgan fingerprint density at radius 2 is 1.94 bits per heavy atom. The van der Waals surface area contributed by atoms with E-state index in [-0.39, 0.29) is 17.4 Å². The summed E-state index contributed by atoms with van der Waals surface area (Å²) < 4.78 is 11.2. The third kappa shape index (κ3) is 4.40. The third-order valence-electron chi connectivity index (χ3n) is 6.67. The number of likely N-dealkylation sites (N-methyl/N-ethyl adjacent to an activating group) is 1. The predicted octanol–water partition coefficient (Wildman–Crippen LogP) is 3.78. The molecule has 0 unspecified atom stereocenters. The molecule has 1 fully saturated rings. The van der Waals surface area contributed by atoms with Gasteiger partial charge in [0.2, 0.25) is 0 Å². The highest BCUT2D eigenvalue weighted by molar-refractivity contribution is 6.46. The molecule has 2 aromatic carbocycles. The molecule has 7 heteroatoms. The Kier molecular flexibility index (Phi) is 6.93. The van der Waals surface area contributed by atoms with Crippen LogP contribution in [0.1, 0.15) is 43.5 Å². The molecule has 2 aliphatic rings. The molecule has 1 amide bonds. The summed E-state index contributed by atoms with van der Waals surface area (Å²) in [5, 5.41) is 11.3. The molecule has 34 heavy (non-hydrogen) atoms. The molecular formula is C27H32N2O5. The molecule has 2 aliphatic heterocycles. The minimum Gasteiger partial charge on any atom is -0.507 e. The number of rotatable bonds is 8. The van der Waals surface area contributed by atoms with Gasteiger partial charge >= 0.3 is 0 Å². The van der Waals surface area contributed by atoms with Crippen molar-refractivity contribution in [3.63, 3.8) is 0 Å². The molecular weight excluding hydrogens is 432 g/mol. The summed E-state index contributed by atoms with van der Waals surface area (Å²) in [6.07, 6.45) is 0.795. The number of benzene rings is 2. The number of fused-ring (bicyclic) bond motifs is 1. The number of ether oxygens (including phenoxy) is 2. The molecule has 4 rings (SSSR count). The number of carbonyl (C=O) groups excluding carboxylic acids is 2. The summed E-state index contributed by atoms with van der Waals surface area (Å²) in [6, 6.07) is 12.0. The van der Waals surface area contributed by atoms with Crippen molar-refractivity contribution in [2.24, 2.45) is 0 Å². The smallest absolute Gasteiger partial charge is 0.295 e. The minimum absolute atomic E-state index is 0.0647. The van der Waals surface area contributed by atoms with Crippen LogP contribution in [-0.2, 0) is 16.0 Å². The van der Waals surface area contributed by atoms with Crippen molar-refractivity contribution in [2.75, 3.05) is 33.3 Å². The largest absolute Gasteiger partial charge is 0.507 e. The van der Waals surface area contributed by atoms with Gasteiger partial charge < -0.3 is 24.4 Å². The van der Waals surface area contributed by atoms with E-state index in [2.05, 4.69) is 18.7 Å². The number of ketones is 1. The van der Waals surface area contributed by atoms with Crippen LogP contribution < -0.4 is 9.47 Å². The minimum atomic E-state index is -0.700. The highest BCUT2D eigenvalue weighted by atomic mass is 16.5. The lowest BCUT2D eigenvalue weighted by molar-refractivity contribution is -0.140. The summed E-state index contributed by atoms with van der Waals surface area (Å²) in [6.45, 7) is 8.82. The van der Waals surface area contributed by atoms with Crippen molar-refractivity contribution in [2.45, 2.75) is 39.3 Å². The van der Waals surface area contributed by atoms with Crippen LogP contribution in [0.15, 0.2) is 48.0 Å². The van der Waals surface area contributed by atoms with Crippen LogP contribution in [0, 0.1) is 0 Å². The van der Waals surface area contributed by atoms with Crippen molar-refractivity contribution in [1.29, 1.82) is 0 Å². The lowest BCUT2D eigenvalue weighted by Crippen LogP contribution is -2.38. The molecule has 0 spiro atoms. The van der Waals surface area contributed by atoms with Gasteiger partial charge in [0.05, 0.1) is 18.7 Å². The quantitative estimate of drug-likeness (QED) is 0.364. The van der Waals surface area contributed by atoms with Crippen LogP contribution in [0.4, 0.5) is 0 Å². The number of aliphatic hydroxyl groups is 1. The second-order valence-electron chi connectivity index (χ2n) is 8.75. The van der Waals surface area contributed by atoms with Gasteiger partial charge in [-0.2, -0.15) is 0 Å². The monoisotopic (exact) mass is 464 g/mol. The molecule has 0 bridgehead atoms. The maximum absolute atomic E-state index is 13.3. The fourth-order valence-electron chi connectivity index (χ4n) is 4.78. The summed E-state index contributed by atoms with van der Waals surface area (Å²) in [7, 11) is 1.57. The maximum atomic E-state index is 13.3.